The Morgan fingerprint density at radius 1 is 1.38 bits per heavy atom. The fourth-order valence-corrected chi connectivity index (χ4v) is 1.05. The number of esters is 1. The van der Waals surface area contributed by atoms with Crippen molar-refractivity contribution in [3.05, 3.63) is 36.9 Å². The fraction of sp³-hybridized carbons (Fsp3) is 0.250. The third-order valence-corrected chi connectivity index (χ3v) is 1.82. The number of aromatic hydroxyl groups is 1. The first-order chi connectivity index (χ1) is 7.74. The summed E-state index contributed by atoms with van der Waals surface area (Å²) < 4.78 is 10.0. The van der Waals surface area contributed by atoms with E-state index < -0.39 is 5.97 Å². The van der Waals surface area contributed by atoms with E-state index in [1.54, 1.807) is 24.3 Å². The van der Waals surface area contributed by atoms with Gasteiger partial charge < -0.3 is 14.6 Å². The molecular formula is C12H14O4. The standard InChI is InChI=1S/C12H14O4/c1-2-12(14)16-9-5-8-15-11-7-4-3-6-10(11)13/h2-4,6-7,13H,1,5,8-9H2. The number of phenols is 1. The molecule has 0 aliphatic carbocycles. The van der Waals surface area contributed by atoms with Crippen molar-refractivity contribution in [3.63, 3.8) is 0 Å². The van der Waals surface area contributed by atoms with Crippen molar-refractivity contribution in [2.75, 3.05) is 13.2 Å². The van der Waals surface area contributed by atoms with Gasteiger partial charge in [-0.1, -0.05) is 18.7 Å². The molecule has 0 aliphatic heterocycles. The van der Waals surface area contributed by atoms with Crippen LogP contribution in [0, 0.1) is 0 Å². The molecule has 0 aliphatic rings. The summed E-state index contributed by atoms with van der Waals surface area (Å²) in [7, 11) is 0. The minimum Gasteiger partial charge on any atom is -0.504 e. The van der Waals surface area contributed by atoms with Crippen molar-refractivity contribution >= 4 is 5.97 Å². The van der Waals surface area contributed by atoms with Gasteiger partial charge in [-0.15, -0.1) is 0 Å². The number of para-hydroxylation sites is 2. The summed E-state index contributed by atoms with van der Waals surface area (Å²) in [4.78, 5) is 10.7. The molecule has 0 saturated carbocycles. The SMILES string of the molecule is C=CC(=O)OCCCOc1ccccc1O. The molecule has 0 atom stereocenters. The van der Waals surface area contributed by atoms with Crippen LogP contribution in [0.5, 0.6) is 11.5 Å². The smallest absolute Gasteiger partial charge is 0.330 e. The highest BCUT2D eigenvalue weighted by Gasteiger charge is 2.00. The van der Waals surface area contributed by atoms with E-state index in [9.17, 15) is 9.90 Å². The van der Waals surface area contributed by atoms with Crippen LogP contribution in [-0.2, 0) is 9.53 Å². The quantitative estimate of drug-likeness (QED) is 0.453. The van der Waals surface area contributed by atoms with Gasteiger partial charge in [0.05, 0.1) is 13.2 Å². The van der Waals surface area contributed by atoms with Crippen molar-refractivity contribution in [1.29, 1.82) is 0 Å². The third-order valence-electron chi connectivity index (χ3n) is 1.82. The van der Waals surface area contributed by atoms with Crippen molar-refractivity contribution in [3.8, 4) is 11.5 Å². The molecule has 0 spiro atoms. The lowest BCUT2D eigenvalue weighted by Crippen LogP contribution is -2.06. The average molecular weight is 222 g/mol. The highest BCUT2D eigenvalue weighted by Crippen LogP contribution is 2.24. The topological polar surface area (TPSA) is 55.8 Å². The average Bonchev–Trinajstić information content (AvgIpc) is 2.30. The van der Waals surface area contributed by atoms with Crippen LogP contribution in [-0.4, -0.2) is 24.3 Å². The van der Waals surface area contributed by atoms with Crippen LogP contribution in [0.25, 0.3) is 0 Å². The summed E-state index contributed by atoms with van der Waals surface area (Å²) in [5.41, 5.74) is 0. The zero-order valence-electron chi connectivity index (χ0n) is 8.89. The Morgan fingerprint density at radius 3 is 2.81 bits per heavy atom. The van der Waals surface area contributed by atoms with Gasteiger partial charge in [0.25, 0.3) is 0 Å². The van der Waals surface area contributed by atoms with Gasteiger partial charge in [-0.3, -0.25) is 0 Å². The van der Waals surface area contributed by atoms with Crippen LogP contribution >= 0.6 is 0 Å². The van der Waals surface area contributed by atoms with Gasteiger partial charge >= 0.3 is 5.97 Å². The van der Waals surface area contributed by atoms with E-state index >= 15 is 0 Å². The molecule has 0 saturated heterocycles. The Bertz CT molecular complexity index is 360. The van der Waals surface area contributed by atoms with E-state index in [0.717, 1.165) is 6.08 Å². The van der Waals surface area contributed by atoms with Crippen LogP contribution in [0.4, 0.5) is 0 Å². The van der Waals surface area contributed by atoms with Gasteiger partial charge in [0, 0.05) is 12.5 Å². The molecule has 4 heteroatoms. The van der Waals surface area contributed by atoms with Crippen LogP contribution in [0.15, 0.2) is 36.9 Å². The van der Waals surface area contributed by atoms with Gasteiger partial charge in [-0.05, 0) is 12.1 Å². The number of phenolic OH excluding ortho intramolecular Hbond substituents is 1. The van der Waals surface area contributed by atoms with Gasteiger partial charge in [0.15, 0.2) is 11.5 Å². The summed E-state index contributed by atoms with van der Waals surface area (Å²) in [6, 6.07) is 6.71. The molecule has 16 heavy (non-hydrogen) atoms. The molecule has 0 radical (unpaired) electrons. The Morgan fingerprint density at radius 2 is 2.12 bits per heavy atom. The Labute approximate surface area is 94.1 Å². The first-order valence-corrected chi connectivity index (χ1v) is 4.94. The number of ether oxygens (including phenoxy) is 2. The molecule has 1 aromatic carbocycles. The van der Waals surface area contributed by atoms with E-state index in [-0.39, 0.29) is 12.4 Å². The second-order valence-electron chi connectivity index (χ2n) is 3.04. The normalized spacial score (nSPS) is 9.50. The zero-order valence-corrected chi connectivity index (χ0v) is 8.89. The molecule has 0 bridgehead atoms. The van der Waals surface area contributed by atoms with Crippen molar-refractivity contribution < 1.29 is 19.4 Å². The largest absolute Gasteiger partial charge is 0.504 e. The molecule has 0 heterocycles. The number of rotatable bonds is 6. The summed E-state index contributed by atoms with van der Waals surface area (Å²) in [5, 5.41) is 9.37. The van der Waals surface area contributed by atoms with Crippen molar-refractivity contribution in [1.82, 2.24) is 0 Å². The minimum atomic E-state index is -0.442. The van der Waals surface area contributed by atoms with Gasteiger partial charge in [0.2, 0.25) is 0 Å². The van der Waals surface area contributed by atoms with Crippen LogP contribution in [0.1, 0.15) is 6.42 Å². The Balaban J connectivity index is 2.19. The van der Waals surface area contributed by atoms with Crippen LogP contribution in [0.2, 0.25) is 0 Å². The highest BCUT2D eigenvalue weighted by atomic mass is 16.5. The Kier molecular flexibility index (Phi) is 4.92. The number of hydrogen-bond acceptors (Lipinski definition) is 4. The maximum Gasteiger partial charge on any atom is 0.330 e. The molecule has 1 N–H and O–H groups in total. The van der Waals surface area contributed by atoms with Crippen LogP contribution < -0.4 is 4.74 Å². The Hall–Kier alpha value is -1.97. The summed E-state index contributed by atoms with van der Waals surface area (Å²) in [6.45, 7) is 3.93. The molecule has 0 amide bonds. The molecule has 0 unspecified atom stereocenters. The predicted molar refractivity (Wildman–Crippen MR) is 59.4 cm³/mol. The van der Waals surface area contributed by atoms with Crippen molar-refractivity contribution in [2.45, 2.75) is 6.42 Å². The molecule has 1 aromatic rings. The first-order valence-electron chi connectivity index (χ1n) is 4.94. The summed E-state index contributed by atoms with van der Waals surface area (Å²) in [6.07, 6.45) is 1.68. The van der Waals surface area contributed by atoms with E-state index in [1.165, 1.54) is 0 Å². The monoisotopic (exact) mass is 222 g/mol. The highest BCUT2D eigenvalue weighted by molar-refractivity contribution is 5.81. The number of hydrogen-bond donors (Lipinski definition) is 1. The molecule has 0 aromatic heterocycles. The van der Waals surface area contributed by atoms with E-state index in [2.05, 4.69) is 6.58 Å². The summed E-state index contributed by atoms with van der Waals surface area (Å²) >= 11 is 0. The number of carbonyl (C=O) groups excluding carboxylic acids is 1. The maximum atomic E-state index is 10.7. The second kappa shape index (κ2) is 6.50. The van der Waals surface area contributed by atoms with Gasteiger partial charge in [0.1, 0.15) is 0 Å². The van der Waals surface area contributed by atoms with Crippen molar-refractivity contribution in [2.24, 2.45) is 0 Å². The lowest BCUT2D eigenvalue weighted by atomic mass is 10.3. The third kappa shape index (κ3) is 4.04. The molecule has 4 nitrogen and oxygen atoms in total. The minimum absolute atomic E-state index is 0.102. The lowest BCUT2D eigenvalue weighted by Gasteiger charge is -2.07. The number of carbonyl (C=O) groups is 1. The van der Waals surface area contributed by atoms with E-state index in [0.29, 0.717) is 18.8 Å². The van der Waals surface area contributed by atoms with E-state index in [1.807, 2.05) is 0 Å². The maximum absolute atomic E-state index is 10.7. The van der Waals surface area contributed by atoms with E-state index in [4.69, 9.17) is 9.47 Å². The zero-order chi connectivity index (χ0) is 11.8. The molecular weight excluding hydrogens is 208 g/mol. The fourth-order valence-electron chi connectivity index (χ4n) is 1.05. The molecule has 0 fully saturated rings. The predicted octanol–water partition coefficient (Wildman–Crippen LogP) is 1.89. The first kappa shape index (κ1) is 12.1. The van der Waals surface area contributed by atoms with Gasteiger partial charge in [-0.2, -0.15) is 0 Å². The lowest BCUT2D eigenvalue weighted by molar-refractivity contribution is -0.137. The van der Waals surface area contributed by atoms with Crippen LogP contribution in [0.3, 0.4) is 0 Å². The second-order valence-corrected chi connectivity index (χ2v) is 3.04. The molecule has 1 rings (SSSR count). The van der Waals surface area contributed by atoms with Gasteiger partial charge in [-0.25, -0.2) is 4.79 Å². The number of benzene rings is 1. The molecule has 86 valence electrons. The summed E-state index contributed by atoms with van der Waals surface area (Å²) in [5.74, 6) is 0.0886.